The Morgan fingerprint density at radius 1 is 1.59 bits per heavy atom. The molecule has 1 aromatic rings. The van der Waals surface area contributed by atoms with Crippen molar-refractivity contribution in [2.75, 3.05) is 0 Å². The number of aromatic nitrogens is 1. The number of hydrogen-bond acceptors (Lipinski definition) is 4. The molecule has 0 spiro atoms. The van der Waals surface area contributed by atoms with E-state index in [0.29, 0.717) is 0 Å². The quantitative estimate of drug-likeness (QED) is 0.789. The van der Waals surface area contributed by atoms with Gasteiger partial charge in [0, 0.05) is 17.1 Å². The Morgan fingerprint density at radius 3 is 2.71 bits per heavy atom. The first-order chi connectivity index (χ1) is 7.90. The molecular weight excluding hydrogens is 244 g/mol. The Balaban J connectivity index is 2.56. The molecule has 0 radical (unpaired) electrons. The minimum Gasteiger partial charge on any atom is -0.481 e. The third kappa shape index (κ3) is 4.03. The van der Waals surface area contributed by atoms with Crippen LogP contribution in [-0.2, 0) is 16.1 Å². The molecule has 0 saturated carbocycles. The number of aliphatic carboxylic acids is 1. The average Bonchev–Trinajstić information content (AvgIpc) is 2.47. The molecule has 0 aliphatic carbocycles. The topological polar surface area (TPSA) is 88.4 Å². The molecule has 7 heteroatoms. The SMILES string of the molecule is Cc1csc(=O)n1CC(=O)NC(C)CC(=O)O. The molecule has 1 heterocycles. The van der Waals surface area contributed by atoms with Crippen molar-refractivity contribution in [3.8, 4) is 0 Å². The summed E-state index contributed by atoms with van der Waals surface area (Å²) in [4.78, 5) is 33.1. The summed E-state index contributed by atoms with van der Waals surface area (Å²) in [7, 11) is 0. The van der Waals surface area contributed by atoms with E-state index in [2.05, 4.69) is 5.32 Å². The Hall–Kier alpha value is -1.63. The summed E-state index contributed by atoms with van der Waals surface area (Å²) in [5.74, 6) is -1.33. The van der Waals surface area contributed by atoms with E-state index in [1.165, 1.54) is 4.57 Å². The summed E-state index contributed by atoms with van der Waals surface area (Å²) in [6.45, 7) is 3.28. The second kappa shape index (κ2) is 5.62. The molecular formula is C10H14N2O4S. The fourth-order valence-electron chi connectivity index (χ4n) is 1.37. The highest BCUT2D eigenvalue weighted by Gasteiger charge is 2.13. The molecule has 1 unspecified atom stereocenters. The minimum atomic E-state index is -0.971. The molecule has 17 heavy (non-hydrogen) atoms. The second-order valence-electron chi connectivity index (χ2n) is 3.80. The van der Waals surface area contributed by atoms with Crippen molar-refractivity contribution in [2.45, 2.75) is 32.9 Å². The molecule has 1 amide bonds. The Labute approximate surface area is 102 Å². The number of amides is 1. The van der Waals surface area contributed by atoms with Crippen LogP contribution in [0.4, 0.5) is 0 Å². The standard InChI is InChI=1S/C10H14N2O4S/c1-6(3-9(14)15)11-8(13)4-12-7(2)5-17-10(12)16/h5-6H,3-4H2,1-2H3,(H,11,13)(H,14,15). The monoisotopic (exact) mass is 258 g/mol. The Morgan fingerprint density at radius 2 is 2.24 bits per heavy atom. The van der Waals surface area contributed by atoms with Gasteiger partial charge in [0.1, 0.15) is 6.54 Å². The van der Waals surface area contributed by atoms with E-state index in [0.717, 1.165) is 17.0 Å². The van der Waals surface area contributed by atoms with E-state index in [-0.39, 0.29) is 23.7 Å². The summed E-state index contributed by atoms with van der Waals surface area (Å²) in [6, 6.07) is -0.449. The van der Waals surface area contributed by atoms with Gasteiger partial charge in [-0.25, -0.2) is 0 Å². The maximum absolute atomic E-state index is 11.5. The largest absolute Gasteiger partial charge is 0.481 e. The average molecular weight is 258 g/mol. The lowest BCUT2D eigenvalue weighted by Gasteiger charge is -2.12. The molecule has 1 rings (SSSR count). The zero-order valence-corrected chi connectivity index (χ0v) is 10.4. The third-order valence-corrected chi connectivity index (χ3v) is 3.05. The van der Waals surface area contributed by atoms with Gasteiger partial charge in [-0.15, -0.1) is 0 Å². The van der Waals surface area contributed by atoms with Crippen LogP contribution in [0.15, 0.2) is 10.2 Å². The molecule has 0 fully saturated rings. The number of carbonyl (C=O) groups is 2. The van der Waals surface area contributed by atoms with Crippen LogP contribution in [0.3, 0.4) is 0 Å². The predicted octanol–water partition coefficient (Wildman–Crippen LogP) is 0.198. The van der Waals surface area contributed by atoms with Gasteiger partial charge in [0.2, 0.25) is 5.91 Å². The summed E-state index contributed by atoms with van der Waals surface area (Å²) in [6.07, 6.45) is -0.136. The molecule has 1 aromatic heterocycles. The van der Waals surface area contributed by atoms with Gasteiger partial charge in [-0.2, -0.15) is 0 Å². The molecule has 1 atom stereocenters. The number of rotatable bonds is 5. The first-order valence-corrected chi connectivity index (χ1v) is 5.94. The summed E-state index contributed by atoms with van der Waals surface area (Å²) >= 11 is 1.04. The molecule has 94 valence electrons. The van der Waals surface area contributed by atoms with Crippen molar-refractivity contribution in [3.63, 3.8) is 0 Å². The second-order valence-corrected chi connectivity index (χ2v) is 4.62. The van der Waals surface area contributed by atoms with E-state index in [4.69, 9.17) is 5.11 Å². The lowest BCUT2D eigenvalue weighted by molar-refractivity contribution is -0.137. The van der Waals surface area contributed by atoms with Gasteiger partial charge in [0.25, 0.3) is 0 Å². The van der Waals surface area contributed by atoms with Crippen LogP contribution in [0.25, 0.3) is 0 Å². The number of aryl methyl sites for hydroxylation is 1. The van der Waals surface area contributed by atoms with Crippen LogP contribution in [0.1, 0.15) is 19.0 Å². The van der Waals surface area contributed by atoms with E-state index in [1.54, 1.807) is 19.2 Å². The van der Waals surface area contributed by atoms with Crippen molar-refractivity contribution in [1.82, 2.24) is 9.88 Å². The van der Waals surface area contributed by atoms with Gasteiger partial charge in [-0.05, 0) is 13.8 Å². The van der Waals surface area contributed by atoms with Crippen LogP contribution < -0.4 is 10.2 Å². The van der Waals surface area contributed by atoms with E-state index in [9.17, 15) is 14.4 Å². The molecule has 0 aromatic carbocycles. The van der Waals surface area contributed by atoms with Gasteiger partial charge in [0.15, 0.2) is 0 Å². The number of nitrogens with one attached hydrogen (secondary N) is 1. The summed E-state index contributed by atoms with van der Waals surface area (Å²) < 4.78 is 1.35. The van der Waals surface area contributed by atoms with Crippen molar-refractivity contribution in [1.29, 1.82) is 0 Å². The van der Waals surface area contributed by atoms with Crippen molar-refractivity contribution < 1.29 is 14.7 Å². The van der Waals surface area contributed by atoms with Crippen LogP contribution in [0.5, 0.6) is 0 Å². The Kier molecular flexibility index (Phi) is 4.45. The molecule has 0 aliphatic rings. The van der Waals surface area contributed by atoms with Crippen LogP contribution in [0, 0.1) is 6.92 Å². The smallest absolute Gasteiger partial charge is 0.307 e. The number of thiazole rings is 1. The predicted molar refractivity (Wildman–Crippen MR) is 63.2 cm³/mol. The van der Waals surface area contributed by atoms with Gasteiger partial charge in [-0.1, -0.05) is 11.3 Å². The molecule has 2 N–H and O–H groups in total. The van der Waals surface area contributed by atoms with Crippen molar-refractivity contribution >= 4 is 23.2 Å². The van der Waals surface area contributed by atoms with Crippen LogP contribution in [0.2, 0.25) is 0 Å². The maximum Gasteiger partial charge on any atom is 0.307 e. The molecule has 0 saturated heterocycles. The number of carboxylic acid groups (broad SMARTS) is 1. The summed E-state index contributed by atoms with van der Waals surface area (Å²) in [5, 5.41) is 12.7. The molecule has 0 aliphatic heterocycles. The first-order valence-electron chi connectivity index (χ1n) is 5.06. The lowest BCUT2D eigenvalue weighted by Crippen LogP contribution is -2.37. The number of carbonyl (C=O) groups excluding carboxylic acids is 1. The van der Waals surface area contributed by atoms with E-state index in [1.807, 2.05) is 0 Å². The van der Waals surface area contributed by atoms with Crippen LogP contribution in [-0.4, -0.2) is 27.6 Å². The van der Waals surface area contributed by atoms with Crippen molar-refractivity contribution in [3.05, 3.63) is 20.7 Å². The number of carboxylic acids is 1. The third-order valence-electron chi connectivity index (χ3n) is 2.17. The van der Waals surface area contributed by atoms with Crippen molar-refractivity contribution in [2.24, 2.45) is 0 Å². The number of hydrogen-bond donors (Lipinski definition) is 2. The fraction of sp³-hybridized carbons (Fsp3) is 0.500. The fourth-order valence-corrected chi connectivity index (χ4v) is 2.11. The van der Waals surface area contributed by atoms with E-state index < -0.39 is 12.0 Å². The van der Waals surface area contributed by atoms with Gasteiger partial charge >= 0.3 is 10.8 Å². The lowest BCUT2D eigenvalue weighted by atomic mass is 10.2. The normalized spacial score (nSPS) is 12.1. The van der Waals surface area contributed by atoms with E-state index >= 15 is 0 Å². The zero-order chi connectivity index (χ0) is 13.0. The summed E-state index contributed by atoms with van der Waals surface area (Å²) in [5.41, 5.74) is 0.723. The van der Waals surface area contributed by atoms with Gasteiger partial charge in [-0.3, -0.25) is 19.0 Å². The number of nitrogens with zero attached hydrogens (tertiary/aromatic N) is 1. The Bertz CT molecular complexity index is 477. The van der Waals surface area contributed by atoms with Crippen LogP contribution >= 0.6 is 11.3 Å². The molecule has 6 nitrogen and oxygen atoms in total. The van der Waals surface area contributed by atoms with Gasteiger partial charge in [0.05, 0.1) is 6.42 Å². The highest BCUT2D eigenvalue weighted by atomic mass is 32.1. The minimum absolute atomic E-state index is 0.0713. The van der Waals surface area contributed by atoms with Gasteiger partial charge < -0.3 is 10.4 Å². The highest BCUT2D eigenvalue weighted by molar-refractivity contribution is 7.07. The first kappa shape index (κ1) is 13.4. The molecule has 0 bridgehead atoms. The highest BCUT2D eigenvalue weighted by Crippen LogP contribution is 1.99. The maximum atomic E-state index is 11.5. The zero-order valence-electron chi connectivity index (χ0n) is 9.60.